The Morgan fingerprint density at radius 2 is 1.74 bits per heavy atom. The lowest BCUT2D eigenvalue weighted by Crippen LogP contribution is -2.34. The average Bonchev–Trinajstić information content (AvgIpc) is 3.00. The second-order valence-electron chi connectivity index (χ2n) is 7.93. The van der Waals surface area contributed by atoms with Crippen LogP contribution in [0.1, 0.15) is 54.4 Å². The number of methoxy groups -OCH3 is 1. The van der Waals surface area contributed by atoms with Gasteiger partial charge in [-0.1, -0.05) is 25.7 Å². The third kappa shape index (κ3) is 6.19. The summed E-state index contributed by atoms with van der Waals surface area (Å²) in [4.78, 5) is 12.8. The number of halogens is 1. The van der Waals surface area contributed by atoms with E-state index < -0.39 is 15.8 Å². The molecule has 0 bridgehead atoms. The van der Waals surface area contributed by atoms with Gasteiger partial charge in [0.15, 0.2) is 0 Å². The summed E-state index contributed by atoms with van der Waals surface area (Å²) in [7, 11) is -2.17. The molecule has 168 valence electrons. The Kier molecular flexibility index (Phi) is 7.54. The Labute approximate surface area is 183 Å². The molecule has 1 aliphatic rings. The standard InChI is InChI=1S/C23H29FN2O4S/c1-30-22-14-9-17(23(27)25-20-7-5-3-4-6-8-20)15-18(22)16-26(31(2,28)29)21-12-10-19(24)11-13-21/h9-15,20H,3-8,16H2,1-2H3,(H,25,27). The number of carbonyl (C=O) groups is 1. The van der Waals surface area contributed by atoms with Crippen molar-refractivity contribution in [2.24, 2.45) is 0 Å². The summed E-state index contributed by atoms with van der Waals surface area (Å²) in [6.45, 7) is -0.0435. The van der Waals surface area contributed by atoms with Gasteiger partial charge in [0.05, 0.1) is 25.6 Å². The molecule has 1 amide bonds. The Balaban J connectivity index is 1.86. The number of nitrogens with zero attached hydrogens (tertiary/aromatic N) is 1. The molecule has 2 aromatic rings. The molecule has 0 atom stereocenters. The fourth-order valence-corrected chi connectivity index (χ4v) is 4.78. The summed E-state index contributed by atoms with van der Waals surface area (Å²) < 4.78 is 44.8. The Bertz CT molecular complexity index is 1000. The van der Waals surface area contributed by atoms with Crippen molar-refractivity contribution in [2.75, 3.05) is 17.7 Å². The van der Waals surface area contributed by atoms with Crippen molar-refractivity contribution < 1.29 is 22.3 Å². The van der Waals surface area contributed by atoms with Gasteiger partial charge in [-0.25, -0.2) is 12.8 Å². The first-order chi connectivity index (χ1) is 14.8. The number of benzene rings is 2. The largest absolute Gasteiger partial charge is 0.496 e. The van der Waals surface area contributed by atoms with E-state index in [4.69, 9.17) is 4.74 Å². The molecule has 0 saturated heterocycles. The number of hydrogen-bond acceptors (Lipinski definition) is 4. The maximum atomic E-state index is 13.3. The molecule has 1 N–H and O–H groups in total. The highest BCUT2D eigenvalue weighted by atomic mass is 32.2. The van der Waals surface area contributed by atoms with Gasteiger partial charge in [-0.3, -0.25) is 9.10 Å². The number of anilines is 1. The topological polar surface area (TPSA) is 75.7 Å². The first kappa shape index (κ1) is 23.1. The predicted molar refractivity (Wildman–Crippen MR) is 119 cm³/mol. The maximum Gasteiger partial charge on any atom is 0.251 e. The van der Waals surface area contributed by atoms with Gasteiger partial charge in [0.25, 0.3) is 5.91 Å². The zero-order valence-corrected chi connectivity index (χ0v) is 18.8. The van der Waals surface area contributed by atoms with Crippen LogP contribution in [0.25, 0.3) is 0 Å². The normalized spacial score (nSPS) is 15.2. The molecule has 0 unspecified atom stereocenters. The minimum atomic E-state index is -3.66. The second kappa shape index (κ2) is 10.1. The van der Waals surface area contributed by atoms with Crippen molar-refractivity contribution in [3.8, 4) is 5.75 Å². The van der Waals surface area contributed by atoms with Crippen molar-refractivity contribution in [3.05, 3.63) is 59.4 Å². The van der Waals surface area contributed by atoms with Crippen molar-refractivity contribution in [3.63, 3.8) is 0 Å². The van der Waals surface area contributed by atoms with E-state index in [1.54, 1.807) is 18.2 Å². The fraction of sp³-hybridized carbons (Fsp3) is 0.435. The molecule has 3 rings (SSSR count). The number of hydrogen-bond donors (Lipinski definition) is 1. The van der Waals surface area contributed by atoms with Crippen LogP contribution in [0, 0.1) is 5.82 Å². The summed E-state index contributed by atoms with van der Waals surface area (Å²) in [6.07, 6.45) is 7.65. The highest BCUT2D eigenvalue weighted by Crippen LogP contribution is 2.27. The van der Waals surface area contributed by atoms with E-state index >= 15 is 0 Å². The highest BCUT2D eigenvalue weighted by Gasteiger charge is 2.22. The average molecular weight is 449 g/mol. The van der Waals surface area contributed by atoms with Crippen LogP contribution in [-0.4, -0.2) is 33.7 Å². The van der Waals surface area contributed by atoms with Crippen LogP contribution in [0.3, 0.4) is 0 Å². The molecule has 0 aromatic heterocycles. The minimum Gasteiger partial charge on any atom is -0.496 e. The number of ether oxygens (including phenoxy) is 1. The molecule has 0 spiro atoms. The number of rotatable bonds is 7. The molecule has 0 radical (unpaired) electrons. The van der Waals surface area contributed by atoms with Crippen LogP contribution in [0.5, 0.6) is 5.75 Å². The second-order valence-corrected chi connectivity index (χ2v) is 9.84. The summed E-state index contributed by atoms with van der Waals surface area (Å²) in [5.74, 6) is -0.155. The van der Waals surface area contributed by atoms with E-state index in [1.165, 1.54) is 44.2 Å². The molecule has 8 heteroatoms. The molecule has 2 aromatic carbocycles. The smallest absolute Gasteiger partial charge is 0.251 e. The quantitative estimate of drug-likeness (QED) is 0.643. The zero-order valence-electron chi connectivity index (χ0n) is 17.9. The Morgan fingerprint density at radius 3 is 2.32 bits per heavy atom. The van der Waals surface area contributed by atoms with Gasteiger partial charge in [-0.05, 0) is 55.3 Å². The van der Waals surface area contributed by atoms with E-state index in [-0.39, 0.29) is 18.5 Å². The van der Waals surface area contributed by atoms with Crippen LogP contribution >= 0.6 is 0 Å². The molecular formula is C23H29FN2O4S. The maximum absolute atomic E-state index is 13.3. The first-order valence-corrected chi connectivity index (χ1v) is 12.3. The predicted octanol–water partition coefficient (Wildman–Crippen LogP) is 4.25. The lowest BCUT2D eigenvalue weighted by atomic mass is 10.1. The van der Waals surface area contributed by atoms with Crippen molar-refractivity contribution in [1.29, 1.82) is 0 Å². The summed E-state index contributed by atoms with van der Waals surface area (Å²) in [5.41, 5.74) is 1.33. The van der Waals surface area contributed by atoms with Crippen molar-refractivity contribution in [1.82, 2.24) is 5.32 Å². The lowest BCUT2D eigenvalue weighted by molar-refractivity contribution is 0.0933. The Morgan fingerprint density at radius 1 is 1.10 bits per heavy atom. The number of carbonyl (C=O) groups excluding carboxylic acids is 1. The summed E-state index contributed by atoms with van der Waals surface area (Å²) in [6, 6.07) is 10.4. The molecule has 0 aliphatic heterocycles. The highest BCUT2D eigenvalue weighted by molar-refractivity contribution is 7.92. The van der Waals surface area contributed by atoms with E-state index in [1.807, 2.05) is 0 Å². The van der Waals surface area contributed by atoms with Gasteiger partial charge >= 0.3 is 0 Å². The van der Waals surface area contributed by atoms with Gasteiger partial charge in [0.2, 0.25) is 10.0 Å². The van der Waals surface area contributed by atoms with Crippen LogP contribution in [0.4, 0.5) is 10.1 Å². The van der Waals surface area contributed by atoms with Gasteiger partial charge in [-0.15, -0.1) is 0 Å². The summed E-state index contributed by atoms with van der Waals surface area (Å²) in [5, 5.41) is 3.11. The first-order valence-electron chi connectivity index (χ1n) is 10.5. The van der Waals surface area contributed by atoms with Gasteiger partial charge in [0.1, 0.15) is 11.6 Å². The van der Waals surface area contributed by atoms with E-state index in [0.717, 1.165) is 36.2 Å². The third-order valence-corrected chi connectivity index (χ3v) is 6.70. The van der Waals surface area contributed by atoms with E-state index in [2.05, 4.69) is 5.32 Å². The zero-order chi connectivity index (χ0) is 22.4. The molecule has 6 nitrogen and oxygen atoms in total. The fourth-order valence-electron chi connectivity index (χ4n) is 3.90. The molecule has 0 heterocycles. The van der Waals surface area contributed by atoms with Crippen LogP contribution < -0.4 is 14.4 Å². The molecule has 31 heavy (non-hydrogen) atoms. The van der Waals surface area contributed by atoms with Gasteiger partial charge in [-0.2, -0.15) is 0 Å². The van der Waals surface area contributed by atoms with Crippen LogP contribution in [-0.2, 0) is 16.6 Å². The van der Waals surface area contributed by atoms with Crippen molar-refractivity contribution in [2.45, 2.75) is 51.1 Å². The van der Waals surface area contributed by atoms with Gasteiger partial charge < -0.3 is 10.1 Å². The monoisotopic (exact) mass is 448 g/mol. The van der Waals surface area contributed by atoms with E-state index in [0.29, 0.717) is 22.6 Å². The molecular weight excluding hydrogens is 419 g/mol. The number of nitrogens with one attached hydrogen (secondary N) is 1. The van der Waals surface area contributed by atoms with E-state index in [9.17, 15) is 17.6 Å². The van der Waals surface area contributed by atoms with Crippen LogP contribution in [0.2, 0.25) is 0 Å². The van der Waals surface area contributed by atoms with Crippen LogP contribution in [0.15, 0.2) is 42.5 Å². The molecule has 1 saturated carbocycles. The Hall–Kier alpha value is -2.61. The number of amides is 1. The van der Waals surface area contributed by atoms with Crippen molar-refractivity contribution >= 4 is 21.6 Å². The molecule has 1 fully saturated rings. The SMILES string of the molecule is COc1ccc(C(=O)NC2CCCCCC2)cc1CN(c1ccc(F)cc1)S(C)(=O)=O. The third-order valence-electron chi connectivity index (χ3n) is 5.56. The number of sulfonamides is 1. The summed E-state index contributed by atoms with van der Waals surface area (Å²) >= 11 is 0. The minimum absolute atomic E-state index is 0.0435. The molecule has 1 aliphatic carbocycles. The lowest BCUT2D eigenvalue weighted by Gasteiger charge is -2.24. The van der Waals surface area contributed by atoms with Gasteiger partial charge in [0, 0.05) is 17.2 Å².